The summed E-state index contributed by atoms with van der Waals surface area (Å²) >= 11 is 0. The van der Waals surface area contributed by atoms with Crippen molar-refractivity contribution in [2.75, 3.05) is 33.3 Å². The van der Waals surface area contributed by atoms with Gasteiger partial charge in [-0.15, -0.1) is 5.10 Å². The number of hydrogen-bond acceptors (Lipinski definition) is 7. The maximum atomic E-state index is 13.6. The number of H-pyrrole nitrogens is 1. The van der Waals surface area contributed by atoms with Crippen molar-refractivity contribution in [1.82, 2.24) is 25.7 Å². The molecule has 2 aliphatic heterocycles. The van der Waals surface area contributed by atoms with Gasteiger partial charge in [0.05, 0.1) is 13.2 Å². The minimum absolute atomic E-state index is 0.109. The van der Waals surface area contributed by atoms with E-state index in [9.17, 15) is 19.7 Å². The zero-order valence-corrected chi connectivity index (χ0v) is 18.5. The number of nitrogens with one attached hydrogen (secondary N) is 3. The second-order valence-corrected chi connectivity index (χ2v) is 8.49. The highest BCUT2D eigenvalue weighted by molar-refractivity contribution is 5.98. The number of piperidine rings is 2. The third-order valence-electron chi connectivity index (χ3n) is 6.57. The van der Waals surface area contributed by atoms with Crippen molar-refractivity contribution in [3.8, 4) is 5.75 Å². The van der Waals surface area contributed by atoms with Crippen LogP contribution in [0.5, 0.6) is 5.75 Å². The monoisotopic (exact) mass is 456 g/mol. The number of carbonyl (C=O) groups excluding carboxylic acids is 2. The third-order valence-corrected chi connectivity index (χ3v) is 6.57. The van der Waals surface area contributed by atoms with E-state index in [0.717, 1.165) is 30.2 Å². The number of para-hydroxylation sites is 1. The van der Waals surface area contributed by atoms with E-state index in [4.69, 9.17) is 4.74 Å². The number of likely N-dealkylation sites (tertiary alicyclic amines) is 1. The molecular weight excluding hydrogens is 428 g/mol. The lowest BCUT2D eigenvalue weighted by molar-refractivity contribution is -0.389. The van der Waals surface area contributed by atoms with Crippen LogP contribution in [-0.2, 0) is 4.79 Å². The Balaban J connectivity index is 1.46. The molecule has 1 aromatic heterocycles. The summed E-state index contributed by atoms with van der Waals surface area (Å²) in [5.74, 6) is 0.0782. The predicted octanol–water partition coefficient (Wildman–Crippen LogP) is 1.58. The van der Waals surface area contributed by atoms with Crippen LogP contribution in [0, 0.1) is 10.1 Å². The minimum atomic E-state index is -1.06. The van der Waals surface area contributed by atoms with E-state index in [0.29, 0.717) is 44.9 Å². The SMILES string of the molecule is COc1ccccc1C1CCN(C(=O)C2(NC(=O)c3cc([N+](=O)[O-])[nH]n3)CCNCC2)CC1. The standard InChI is InChI=1S/C22H28N6O5/c1-33-18-5-3-2-4-16(18)15-6-12-27(13-7-15)21(30)22(8-10-23-11-9-22)24-20(29)17-14-19(26-25-17)28(31)32/h2-5,14-15,23H,6-13H2,1H3,(H,24,29)(H,25,26). The van der Waals surface area contributed by atoms with Crippen LogP contribution in [-0.4, -0.2) is 70.7 Å². The fraction of sp³-hybridized carbons (Fsp3) is 0.500. The highest BCUT2D eigenvalue weighted by Crippen LogP contribution is 2.35. The molecule has 2 saturated heterocycles. The van der Waals surface area contributed by atoms with Crippen molar-refractivity contribution in [3.05, 3.63) is 51.7 Å². The first-order valence-corrected chi connectivity index (χ1v) is 11.1. The number of carbonyl (C=O) groups is 2. The third kappa shape index (κ3) is 4.68. The van der Waals surface area contributed by atoms with Crippen molar-refractivity contribution in [2.45, 2.75) is 37.1 Å². The zero-order chi connectivity index (χ0) is 23.4. The number of methoxy groups -OCH3 is 1. The van der Waals surface area contributed by atoms with Crippen LogP contribution in [0.3, 0.4) is 0 Å². The summed E-state index contributed by atoms with van der Waals surface area (Å²) in [6.45, 7) is 2.34. The number of hydrogen-bond donors (Lipinski definition) is 3. The van der Waals surface area contributed by atoms with Crippen molar-refractivity contribution in [3.63, 3.8) is 0 Å². The number of nitro groups is 1. The highest BCUT2D eigenvalue weighted by Gasteiger charge is 2.44. The van der Waals surface area contributed by atoms with Gasteiger partial charge in [0.1, 0.15) is 11.3 Å². The summed E-state index contributed by atoms with van der Waals surface area (Å²) in [7, 11) is 1.66. The van der Waals surface area contributed by atoms with E-state index >= 15 is 0 Å². The molecule has 33 heavy (non-hydrogen) atoms. The Morgan fingerprint density at radius 2 is 1.94 bits per heavy atom. The molecule has 3 N–H and O–H groups in total. The molecule has 0 radical (unpaired) electrons. The van der Waals surface area contributed by atoms with Gasteiger partial charge in [0.15, 0.2) is 5.69 Å². The molecule has 1 aromatic carbocycles. The van der Waals surface area contributed by atoms with Gasteiger partial charge < -0.3 is 30.4 Å². The number of aromatic nitrogens is 2. The summed E-state index contributed by atoms with van der Waals surface area (Å²) in [6, 6.07) is 9.03. The van der Waals surface area contributed by atoms with Crippen LogP contribution in [0.15, 0.2) is 30.3 Å². The van der Waals surface area contributed by atoms with Gasteiger partial charge in [-0.2, -0.15) is 0 Å². The average Bonchev–Trinajstić information content (AvgIpc) is 3.35. The molecule has 11 heteroatoms. The quantitative estimate of drug-likeness (QED) is 0.442. The van der Waals surface area contributed by atoms with Gasteiger partial charge >= 0.3 is 5.82 Å². The molecule has 2 aromatic rings. The van der Waals surface area contributed by atoms with E-state index in [-0.39, 0.29) is 17.4 Å². The lowest BCUT2D eigenvalue weighted by Crippen LogP contribution is -2.64. The van der Waals surface area contributed by atoms with Crippen LogP contribution < -0.4 is 15.4 Å². The van der Waals surface area contributed by atoms with E-state index in [2.05, 4.69) is 26.9 Å². The van der Waals surface area contributed by atoms with Crippen LogP contribution in [0.2, 0.25) is 0 Å². The van der Waals surface area contributed by atoms with Crippen molar-refractivity contribution in [2.24, 2.45) is 0 Å². The summed E-state index contributed by atoms with van der Waals surface area (Å²) in [5, 5.41) is 23.0. The zero-order valence-electron chi connectivity index (χ0n) is 18.5. The largest absolute Gasteiger partial charge is 0.496 e. The molecule has 0 aliphatic carbocycles. The Bertz CT molecular complexity index is 1020. The van der Waals surface area contributed by atoms with Crippen LogP contribution in [0.1, 0.15) is 47.7 Å². The molecule has 2 amide bonds. The lowest BCUT2D eigenvalue weighted by Gasteiger charge is -2.42. The minimum Gasteiger partial charge on any atom is -0.496 e. The Morgan fingerprint density at radius 1 is 1.24 bits per heavy atom. The van der Waals surface area contributed by atoms with Crippen molar-refractivity contribution in [1.29, 1.82) is 0 Å². The molecule has 11 nitrogen and oxygen atoms in total. The van der Waals surface area contributed by atoms with E-state index in [1.807, 2.05) is 23.1 Å². The number of amides is 2. The summed E-state index contributed by atoms with van der Waals surface area (Å²) < 4.78 is 5.50. The van der Waals surface area contributed by atoms with Crippen molar-refractivity contribution < 1.29 is 19.2 Å². The molecule has 3 heterocycles. The van der Waals surface area contributed by atoms with Gasteiger partial charge in [0.25, 0.3) is 5.91 Å². The fourth-order valence-electron chi connectivity index (χ4n) is 4.75. The number of ether oxygens (including phenoxy) is 1. The second-order valence-electron chi connectivity index (χ2n) is 8.49. The molecule has 0 saturated carbocycles. The Hall–Kier alpha value is -3.47. The maximum absolute atomic E-state index is 13.6. The Labute approximate surface area is 191 Å². The number of rotatable bonds is 6. The maximum Gasteiger partial charge on any atom is 0.343 e. The first-order valence-electron chi connectivity index (χ1n) is 11.1. The molecule has 2 fully saturated rings. The Kier molecular flexibility index (Phi) is 6.59. The van der Waals surface area contributed by atoms with Gasteiger partial charge in [-0.05, 0) is 61.2 Å². The molecule has 0 spiro atoms. The topological polar surface area (TPSA) is 142 Å². The fourth-order valence-corrected chi connectivity index (χ4v) is 4.75. The molecule has 0 bridgehead atoms. The number of nitrogens with zero attached hydrogens (tertiary/aromatic N) is 3. The molecule has 4 rings (SSSR count). The predicted molar refractivity (Wildman–Crippen MR) is 119 cm³/mol. The normalized spacial score (nSPS) is 18.5. The molecule has 0 unspecified atom stereocenters. The van der Waals surface area contributed by atoms with Gasteiger partial charge in [0, 0.05) is 13.1 Å². The number of aromatic amines is 1. The van der Waals surface area contributed by atoms with Gasteiger partial charge in [-0.25, -0.2) is 0 Å². The molecule has 2 aliphatic rings. The van der Waals surface area contributed by atoms with E-state index < -0.39 is 16.4 Å². The van der Waals surface area contributed by atoms with E-state index in [1.165, 1.54) is 0 Å². The summed E-state index contributed by atoms with van der Waals surface area (Å²) in [6.07, 6.45) is 2.49. The smallest absolute Gasteiger partial charge is 0.343 e. The average molecular weight is 457 g/mol. The van der Waals surface area contributed by atoms with Crippen LogP contribution in [0.4, 0.5) is 5.82 Å². The number of benzene rings is 1. The first-order chi connectivity index (χ1) is 15.9. The second kappa shape index (κ2) is 9.57. The first kappa shape index (κ1) is 22.7. The molecule has 176 valence electrons. The summed E-state index contributed by atoms with van der Waals surface area (Å²) in [4.78, 5) is 38.5. The van der Waals surface area contributed by atoms with Crippen molar-refractivity contribution >= 4 is 17.6 Å². The van der Waals surface area contributed by atoms with Gasteiger partial charge in [-0.1, -0.05) is 23.3 Å². The molecular formula is C22H28N6O5. The van der Waals surface area contributed by atoms with Gasteiger partial charge in [0.2, 0.25) is 5.91 Å². The van der Waals surface area contributed by atoms with Crippen LogP contribution in [0.25, 0.3) is 0 Å². The molecule has 0 atom stereocenters. The lowest BCUT2D eigenvalue weighted by atomic mass is 9.84. The highest BCUT2D eigenvalue weighted by atomic mass is 16.6. The Morgan fingerprint density at radius 3 is 2.58 bits per heavy atom. The van der Waals surface area contributed by atoms with E-state index in [1.54, 1.807) is 7.11 Å². The van der Waals surface area contributed by atoms with Crippen LogP contribution >= 0.6 is 0 Å². The van der Waals surface area contributed by atoms with Gasteiger partial charge in [-0.3, -0.25) is 9.59 Å². The summed E-state index contributed by atoms with van der Waals surface area (Å²) in [5.41, 5.74) is -0.0211.